The van der Waals surface area contributed by atoms with Crippen LogP contribution in [0.25, 0.3) is 22.0 Å². The van der Waals surface area contributed by atoms with Crippen LogP contribution in [-0.2, 0) is 10.0 Å². The van der Waals surface area contributed by atoms with E-state index in [0.717, 1.165) is 10.9 Å². The number of hydrogen-bond donors (Lipinski definition) is 3. The van der Waals surface area contributed by atoms with E-state index in [4.69, 9.17) is 0 Å². The number of aromatic amines is 1. The lowest BCUT2D eigenvalue weighted by molar-refractivity contribution is 0.0959. The van der Waals surface area contributed by atoms with Crippen LogP contribution in [-0.4, -0.2) is 56.8 Å². The predicted octanol–water partition coefficient (Wildman–Crippen LogP) is 1.93. The molecule has 0 bridgehead atoms. The molecule has 29 heavy (non-hydrogen) atoms. The van der Waals surface area contributed by atoms with Crippen LogP contribution in [0.3, 0.4) is 0 Å². The van der Waals surface area contributed by atoms with Gasteiger partial charge in [0.05, 0.1) is 10.5 Å². The van der Waals surface area contributed by atoms with E-state index in [1.807, 2.05) is 0 Å². The molecule has 7 nitrogen and oxygen atoms in total. The minimum absolute atomic E-state index is 0.0200. The maximum Gasteiger partial charge on any atom is 0.252 e. The van der Waals surface area contributed by atoms with Gasteiger partial charge in [-0.1, -0.05) is 6.07 Å². The molecule has 4 rings (SSSR count). The second-order valence-corrected chi connectivity index (χ2v) is 8.74. The van der Waals surface area contributed by atoms with Crippen molar-refractivity contribution in [3.63, 3.8) is 0 Å². The molecular weight excluding hydrogens is 395 g/mol. The van der Waals surface area contributed by atoms with Crippen molar-refractivity contribution < 1.29 is 17.6 Å². The van der Waals surface area contributed by atoms with Crippen molar-refractivity contribution >= 4 is 26.8 Å². The summed E-state index contributed by atoms with van der Waals surface area (Å²) in [7, 11) is -2.34. The molecule has 152 valence electrons. The van der Waals surface area contributed by atoms with Gasteiger partial charge in [-0.2, -0.15) is 4.31 Å². The number of benzene rings is 2. The molecule has 1 fully saturated rings. The maximum atomic E-state index is 13.5. The number of piperazine rings is 1. The van der Waals surface area contributed by atoms with E-state index in [-0.39, 0.29) is 16.3 Å². The lowest BCUT2D eigenvalue weighted by Crippen LogP contribution is -2.46. The molecule has 1 saturated heterocycles. The lowest BCUT2D eigenvalue weighted by Gasteiger charge is -2.27. The average Bonchev–Trinajstić information content (AvgIpc) is 3.16. The first-order chi connectivity index (χ1) is 13.9. The van der Waals surface area contributed by atoms with Crippen molar-refractivity contribution in [3.05, 3.63) is 54.0 Å². The van der Waals surface area contributed by atoms with E-state index in [0.29, 0.717) is 37.3 Å². The summed E-state index contributed by atoms with van der Waals surface area (Å²) in [5.74, 6) is -0.833. The first-order valence-corrected chi connectivity index (χ1v) is 10.7. The fourth-order valence-corrected chi connectivity index (χ4v) is 5.21. The number of amides is 1. The summed E-state index contributed by atoms with van der Waals surface area (Å²) in [5.41, 5.74) is 2.14. The number of fused-ring (bicyclic) bond motifs is 1. The Hall–Kier alpha value is -2.75. The van der Waals surface area contributed by atoms with Crippen LogP contribution in [0.4, 0.5) is 4.39 Å². The smallest absolute Gasteiger partial charge is 0.252 e. The van der Waals surface area contributed by atoms with Gasteiger partial charge < -0.3 is 15.6 Å². The fraction of sp³-hybridized carbons (Fsp3) is 0.250. The molecule has 9 heteroatoms. The van der Waals surface area contributed by atoms with E-state index in [9.17, 15) is 17.6 Å². The first kappa shape index (κ1) is 19.6. The Bertz CT molecular complexity index is 1180. The molecule has 1 amide bonds. The molecular formula is C20H21FN4O3S. The number of hydrogen-bond acceptors (Lipinski definition) is 4. The van der Waals surface area contributed by atoms with Crippen LogP contribution in [0, 0.1) is 5.82 Å². The summed E-state index contributed by atoms with van der Waals surface area (Å²) < 4.78 is 41.2. The highest BCUT2D eigenvalue weighted by molar-refractivity contribution is 7.89. The quantitative estimate of drug-likeness (QED) is 0.606. The summed E-state index contributed by atoms with van der Waals surface area (Å²) in [6.07, 6.45) is 1.72. The molecule has 0 atom stereocenters. The summed E-state index contributed by atoms with van der Waals surface area (Å²) in [5, 5.41) is 6.43. The third-order valence-electron chi connectivity index (χ3n) is 5.10. The molecule has 0 spiro atoms. The van der Waals surface area contributed by atoms with Gasteiger partial charge in [-0.05, 0) is 35.9 Å². The number of carbonyl (C=O) groups excluding carboxylic acids is 1. The van der Waals surface area contributed by atoms with Crippen molar-refractivity contribution in [2.75, 3.05) is 33.2 Å². The van der Waals surface area contributed by atoms with Gasteiger partial charge in [-0.25, -0.2) is 12.8 Å². The van der Waals surface area contributed by atoms with Gasteiger partial charge in [-0.3, -0.25) is 4.79 Å². The number of nitrogens with zero attached hydrogens (tertiary/aromatic N) is 1. The van der Waals surface area contributed by atoms with Gasteiger partial charge in [0.25, 0.3) is 5.91 Å². The van der Waals surface area contributed by atoms with Gasteiger partial charge in [0.1, 0.15) is 5.82 Å². The number of rotatable bonds is 4. The summed E-state index contributed by atoms with van der Waals surface area (Å²) >= 11 is 0. The summed E-state index contributed by atoms with van der Waals surface area (Å²) in [6.45, 7) is 1.84. The van der Waals surface area contributed by atoms with E-state index < -0.39 is 15.9 Å². The van der Waals surface area contributed by atoms with Crippen LogP contribution in [0.5, 0.6) is 0 Å². The Morgan fingerprint density at radius 2 is 1.90 bits per heavy atom. The molecule has 0 unspecified atom stereocenters. The molecule has 1 aromatic heterocycles. The van der Waals surface area contributed by atoms with E-state index in [1.165, 1.54) is 29.6 Å². The third kappa shape index (κ3) is 3.52. The van der Waals surface area contributed by atoms with Crippen molar-refractivity contribution in [3.8, 4) is 11.1 Å². The van der Waals surface area contributed by atoms with Crippen LogP contribution in [0.2, 0.25) is 0 Å². The Kier molecular flexibility index (Phi) is 5.12. The maximum absolute atomic E-state index is 13.5. The van der Waals surface area contributed by atoms with Crippen molar-refractivity contribution in [2.24, 2.45) is 0 Å². The zero-order valence-electron chi connectivity index (χ0n) is 15.8. The summed E-state index contributed by atoms with van der Waals surface area (Å²) in [6, 6.07) is 9.12. The van der Waals surface area contributed by atoms with Crippen molar-refractivity contribution in [2.45, 2.75) is 4.90 Å². The van der Waals surface area contributed by atoms with Gasteiger partial charge >= 0.3 is 0 Å². The average molecular weight is 416 g/mol. The highest BCUT2D eigenvalue weighted by Crippen LogP contribution is 2.32. The first-order valence-electron chi connectivity index (χ1n) is 9.26. The minimum atomic E-state index is -3.81. The number of sulfonamides is 1. The van der Waals surface area contributed by atoms with Crippen molar-refractivity contribution in [1.29, 1.82) is 0 Å². The molecule has 0 aliphatic carbocycles. The highest BCUT2D eigenvalue weighted by Gasteiger charge is 2.30. The van der Waals surface area contributed by atoms with Gasteiger partial charge in [0, 0.05) is 55.9 Å². The van der Waals surface area contributed by atoms with E-state index in [2.05, 4.69) is 15.6 Å². The molecule has 2 heterocycles. The molecule has 1 aliphatic rings. The van der Waals surface area contributed by atoms with E-state index >= 15 is 0 Å². The summed E-state index contributed by atoms with van der Waals surface area (Å²) in [4.78, 5) is 15.5. The number of H-pyrrole nitrogens is 1. The zero-order chi connectivity index (χ0) is 20.6. The van der Waals surface area contributed by atoms with Crippen molar-refractivity contribution in [1.82, 2.24) is 19.9 Å². The number of nitrogens with one attached hydrogen (secondary N) is 3. The van der Waals surface area contributed by atoms with Crippen LogP contribution in [0.15, 0.2) is 47.5 Å². The van der Waals surface area contributed by atoms with Crippen LogP contribution >= 0.6 is 0 Å². The van der Waals surface area contributed by atoms with Crippen LogP contribution in [0.1, 0.15) is 10.4 Å². The minimum Gasteiger partial charge on any atom is -0.360 e. The van der Waals surface area contributed by atoms with Gasteiger partial charge in [0.15, 0.2) is 0 Å². The fourth-order valence-electron chi connectivity index (χ4n) is 3.60. The normalized spacial score (nSPS) is 15.5. The highest BCUT2D eigenvalue weighted by atomic mass is 32.2. The van der Waals surface area contributed by atoms with Gasteiger partial charge in [-0.15, -0.1) is 0 Å². The molecule has 1 aliphatic heterocycles. The molecule has 0 radical (unpaired) electrons. The SMILES string of the molecule is CNC(=O)c1cc(-c2c[nH]c3cc(F)ccc23)ccc1S(=O)(=O)N1CCNCC1. The Balaban J connectivity index is 1.83. The zero-order valence-corrected chi connectivity index (χ0v) is 16.6. The molecule has 3 aromatic rings. The standard InChI is InChI=1S/C20H21FN4O3S/c1-22-20(26)16-10-13(17-12-24-18-11-14(21)3-4-15(17)18)2-5-19(16)29(27,28)25-8-6-23-7-9-25/h2-5,10-12,23-24H,6-9H2,1H3,(H,22,26). The van der Waals surface area contributed by atoms with Crippen LogP contribution < -0.4 is 10.6 Å². The topological polar surface area (TPSA) is 94.3 Å². The van der Waals surface area contributed by atoms with E-state index in [1.54, 1.807) is 24.4 Å². The lowest BCUT2D eigenvalue weighted by atomic mass is 10.0. The second kappa shape index (κ2) is 7.58. The number of aromatic nitrogens is 1. The number of halogens is 1. The molecule has 3 N–H and O–H groups in total. The predicted molar refractivity (Wildman–Crippen MR) is 109 cm³/mol. The number of carbonyl (C=O) groups is 1. The molecule has 0 saturated carbocycles. The van der Waals surface area contributed by atoms with Gasteiger partial charge in [0.2, 0.25) is 10.0 Å². The Labute approximate surface area is 168 Å². The molecule has 2 aromatic carbocycles. The monoisotopic (exact) mass is 416 g/mol. The Morgan fingerprint density at radius 3 is 2.62 bits per heavy atom. The third-order valence-corrected chi connectivity index (χ3v) is 7.06. The largest absolute Gasteiger partial charge is 0.360 e. The second-order valence-electron chi connectivity index (χ2n) is 6.84. The Morgan fingerprint density at radius 1 is 1.14 bits per heavy atom.